The number of likely N-dealkylation sites (N-methyl/N-ethyl adjacent to an activating group) is 1. The van der Waals surface area contributed by atoms with Crippen LogP contribution >= 0.6 is 0 Å². The van der Waals surface area contributed by atoms with Gasteiger partial charge in [-0.2, -0.15) is 0 Å². The monoisotopic (exact) mass is 238 g/mol. The number of hydrogen-bond donors (Lipinski definition) is 1. The van der Waals surface area contributed by atoms with Crippen molar-refractivity contribution in [2.45, 2.75) is 25.8 Å². The molecule has 0 aliphatic carbocycles. The quantitative estimate of drug-likeness (QED) is 0.609. The first-order valence-electron chi connectivity index (χ1n) is 5.60. The molecule has 1 atom stereocenters. The molecule has 94 valence electrons. The molecule has 1 aromatic rings. The third-order valence-corrected chi connectivity index (χ3v) is 2.85. The topological polar surface area (TPSA) is 64.4 Å². The standard InChI is InChI=1S/C12H18N2O3/c1-4-10(13-2)7-9-8-11(17-3)5-6-12(9)14(15)16/h5-6,8,10,13H,4,7H2,1-3H3. The first kappa shape index (κ1) is 13.4. The van der Waals surface area contributed by atoms with Crippen LogP contribution in [0.2, 0.25) is 0 Å². The van der Waals surface area contributed by atoms with Crippen molar-refractivity contribution in [1.29, 1.82) is 0 Å². The third-order valence-electron chi connectivity index (χ3n) is 2.85. The van der Waals surface area contributed by atoms with E-state index in [9.17, 15) is 10.1 Å². The Balaban J connectivity index is 3.04. The van der Waals surface area contributed by atoms with E-state index in [1.807, 2.05) is 14.0 Å². The summed E-state index contributed by atoms with van der Waals surface area (Å²) in [6.45, 7) is 2.05. The molecule has 5 nitrogen and oxygen atoms in total. The van der Waals surface area contributed by atoms with Crippen LogP contribution in [0.4, 0.5) is 5.69 Å². The molecule has 0 heterocycles. The fourth-order valence-corrected chi connectivity index (χ4v) is 1.75. The second-order valence-electron chi connectivity index (χ2n) is 3.85. The van der Waals surface area contributed by atoms with Crippen molar-refractivity contribution >= 4 is 5.69 Å². The lowest BCUT2D eigenvalue weighted by molar-refractivity contribution is -0.385. The smallest absolute Gasteiger partial charge is 0.272 e. The van der Waals surface area contributed by atoms with Crippen molar-refractivity contribution in [3.05, 3.63) is 33.9 Å². The number of nitrogens with one attached hydrogen (secondary N) is 1. The molecule has 0 fully saturated rings. The van der Waals surface area contributed by atoms with Crippen molar-refractivity contribution in [3.63, 3.8) is 0 Å². The Morgan fingerprint density at radius 1 is 1.53 bits per heavy atom. The highest BCUT2D eigenvalue weighted by Gasteiger charge is 2.17. The fourth-order valence-electron chi connectivity index (χ4n) is 1.75. The molecule has 0 saturated heterocycles. The molecule has 5 heteroatoms. The minimum absolute atomic E-state index is 0.152. The van der Waals surface area contributed by atoms with Crippen molar-refractivity contribution in [2.24, 2.45) is 0 Å². The normalized spacial score (nSPS) is 12.2. The van der Waals surface area contributed by atoms with E-state index in [1.54, 1.807) is 19.2 Å². The summed E-state index contributed by atoms with van der Waals surface area (Å²) in [4.78, 5) is 10.6. The predicted octanol–water partition coefficient (Wildman–Crippen LogP) is 2.14. The predicted molar refractivity (Wildman–Crippen MR) is 66.5 cm³/mol. The van der Waals surface area contributed by atoms with Crippen molar-refractivity contribution in [3.8, 4) is 5.75 Å². The van der Waals surface area contributed by atoms with Gasteiger partial charge in [-0.25, -0.2) is 0 Å². The lowest BCUT2D eigenvalue weighted by Crippen LogP contribution is -2.26. The van der Waals surface area contributed by atoms with Gasteiger partial charge in [0.1, 0.15) is 5.75 Å². The lowest BCUT2D eigenvalue weighted by Gasteiger charge is -2.14. The van der Waals surface area contributed by atoms with Gasteiger partial charge in [0.2, 0.25) is 0 Å². The zero-order chi connectivity index (χ0) is 12.8. The second-order valence-corrected chi connectivity index (χ2v) is 3.85. The molecular weight excluding hydrogens is 220 g/mol. The maximum Gasteiger partial charge on any atom is 0.272 e. The number of methoxy groups -OCH3 is 1. The molecule has 0 amide bonds. The fraction of sp³-hybridized carbons (Fsp3) is 0.500. The van der Waals surface area contributed by atoms with Gasteiger partial charge in [-0.05, 0) is 32.0 Å². The zero-order valence-electron chi connectivity index (χ0n) is 10.4. The number of nitro groups is 1. The summed E-state index contributed by atoms with van der Waals surface area (Å²) in [5, 5.41) is 14.1. The number of nitrogens with zero attached hydrogens (tertiary/aromatic N) is 1. The number of rotatable bonds is 6. The van der Waals surface area contributed by atoms with E-state index in [0.717, 1.165) is 6.42 Å². The van der Waals surface area contributed by atoms with E-state index in [2.05, 4.69) is 5.32 Å². The third kappa shape index (κ3) is 3.42. The molecule has 0 bridgehead atoms. The average molecular weight is 238 g/mol. The molecule has 0 aliphatic heterocycles. The van der Waals surface area contributed by atoms with Crippen molar-refractivity contribution < 1.29 is 9.66 Å². The van der Waals surface area contributed by atoms with Crippen LogP contribution < -0.4 is 10.1 Å². The highest BCUT2D eigenvalue weighted by molar-refractivity contribution is 5.45. The van der Waals surface area contributed by atoms with Crippen LogP contribution in [0, 0.1) is 10.1 Å². The molecule has 0 radical (unpaired) electrons. The highest BCUT2D eigenvalue weighted by Crippen LogP contribution is 2.25. The van der Waals surface area contributed by atoms with Crippen LogP contribution in [0.3, 0.4) is 0 Å². The first-order chi connectivity index (χ1) is 8.12. The van der Waals surface area contributed by atoms with E-state index < -0.39 is 0 Å². The van der Waals surface area contributed by atoms with Gasteiger partial charge in [0.15, 0.2) is 0 Å². The highest BCUT2D eigenvalue weighted by atomic mass is 16.6. The van der Waals surface area contributed by atoms with Crippen LogP contribution in [-0.4, -0.2) is 25.1 Å². The van der Waals surface area contributed by atoms with Crippen molar-refractivity contribution in [1.82, 2.24) is 5.32 Å². The van der Waals surface area contributed by atoms with Crippen LogP contribution in [0.15, 0.2) is 18.2 Å². The van der Waals surface area contributed by atoms with E-state index in [0.29, 0.717) is 17.7 Å². The number of ether oxygens (including phenoxy) is 1. The SMILES string of the molecule is CCC(Cc1cc(OC)ccc1[N+](=O)[O-])NC. The Labute approximate surface area is 101 Å². The molecule has 1 aromatic carbocycles. The van der Waals surface area contributed by atoms with E-state index in [4.69, 9.17) is 4.74 Å². The van der Waals surface area contributed by atoms with Gasteiger partial charge >= 0.3 is 0 Å². The van der Waals surface area contributed by atoms with Gasteiger partial charge in [-0.1, -0.05) is 6.92 Å². The van der Waals surface area contributed by atoms with Crippen molar-refractivity contribution in [2.75, 3.05) is 14.2 Å². The lowest BCUT2D eigenvalue weighted by atomic mass is 10.0. The van der Waals surface area contributed by atoms with Crippen LogP contribution in [-0.2, 0) is 6.42 Å². The molecule has 1 unspecified atom stereocenters. The summed E-state index contributed by atoms with van der Waals surface area (Å²) in [7, 11) is 3.42. The Morgan fingerprint density at radius 3 is 2.71 bits per heavy atom. The molecular formula is C12H18N2O3. The molecule has 0 aromatic heterocycles. The van der Waals surface area contributed by atoms with Gasteiger partial charge in [0.25, 0.3) is 5.69 Å². The second kappa shape index (κ2) is 6.20. The van der Waals surface area contributed by atoms with Gasteiger partial charge in [-0.3, -0.25) is 10.1 Å². The number of benzene rings is 1. The average Bonchev–Trinajstić information content (AvgIpc) is 2.35. The number of nitro benzene ring substituents is 1. The van der Waals surface area contributed by atoms with Gasteiger partial charge in [-0.15, -0.1) is 0 Å². The first-order valence-corrected chi connectivity index (χ1v) is 5.60. The zero-order valence-corrected chi connectivity index (χ0v) is 10.4. The molecule has 1 rings (SSSR count). The largest absolute Gasteiger partial charge is 0.497 e. The number of hydrogen-bond acceptors (Lipinski definition) is 4. The van der Waals surface area contributed by atoms with E-state index in [1.165, 1.54) is 6.07 Å². The minimum atomic E-state index is -0.350. The summed E-state index contributed by atoms with van der Waals surface area (Å²) in [5.74, 6) is 0.650. The summed E-state index contributed by atoms with van der Waals surface area (Å²) in [6.07, 6.45) is 1.55. The molecule has 0 aliphatic rings. The van der Waals surface area contributed by atoms with E-state index in [-0.39, 0.29) is 16.7 Å². The summed E-state index contributed by atoms with van der Waals surface area (Å²) >= 11 is 0. The maximum absolute atomic E-state index is 10.9. The summed E-state index contributed by atoms with van der Waals surface area (Å²) in [5.41, 5.74) is 0.857. The Morgan fingerprint density at radius 2 is 2.24 bits per heavy atom. The maximum atomic E-state index is 10.9. The molecule has 0 spiro atoms. The van der Waals surface area contributed by atoms with E-state index >= 15 is 0 Å². The van der Waals surface area contributed by atoms with Gasteiger partial charge in [0, 0.05) is 17.7 Å². The minimum Gasteiger partial charge on any atom is -0.497 e. The Hall–Kier alpha value is -1.62. The molecule has 1 N–H and O–H groups in total. The molecule has 0 saturated carbocycles. The summed E-state index contributed by atoms with van der Waals surface area (Å²) < 4.78 is 5.10. The van der Waals surface area contributed by atoms with Crippen LogP contribution in [0.25, 0.3) is 0 Å². The summed E-state index contributed by atoms with van der Waals surface area (Å²) in [6, 6.07) is 5.08. The van der Waals surface area contributed by atoms with Crippen LogP contribution in [0.5, 0.6) is 5.75 Å². The molecule has 17 heavy (non-hydrogen) atoms. The Bertz CT molecular complexity index is 389. The van der Waals surface area contributed by atoms with Gasteiger partial charge in [0.05, 0.1) is 12.0 Å². The van der Waals surface area contributed by atoms with Gasteiger partial charge < -0.3 is 10.1 Å². The van der Waals surface area contributed by atoms with Crippen LogP contribution in [0.1, 0.15) is 18.9 Å². The Kier molecular flexibility index (Phi) is 4.90.